The van der Waals surface area contributed by atoms with Gasteiger partial charge < -0.3 is 24.8 Å². The highest BCUT2D eigenvalue weighted by atomic mass is 32.2. The average Bonchev–Trinajstić information content (AvgIpc) is 2.50. The number of alkyl carbamates (subject to hydrolysis) is 2. The first kappa shape index (κ1) is 29.4. The second-order valence-corrected chi connectivity index (χ2v) is 13.4. The number of amides is 2. The van der Waals surface area contributed by atoms with Gasteiger partial charge in [-0.15, -0.1) is 0 Å². The van der Waals surface area contributed by atoms with Crippen LogP contribution in [0.1, 0.15) is 41.5 Å². The van der Waals surface area contributed by atoms with Crippen LogP contribution in [0.25, 0.3) is 0 Å². The Hall–Kier alpha value is -1.60. The van der Waals surface area contributed by atoms with E-state index in [9.17, 15) is 26.4 Å². The molecule has 0 spiro atoms. The number of carbonyl (C=O) groups excluding carboxylic acids is 2. The Morgan fingerprint density at radius 1 is 0.645 bits per heavy atom. The quantitative estimate of drug-likeness (QED) is 0.381. The Labute approximate surface area is 185 Å². The fraction of sp³-hybridized carbons (Fsp3) is 0.889. The van der Waals surface area contributed by atoms with E-state index in [1.807, 2.05) is 0 Å². The Kier molecular flexibility index (Phi) is 11.8. The van der Waals surface area contributed by atoms with Gasteiger partial charge in [0.25, 0.3) is 0 Å². The first-order chi connectivity index (χ1) is 13.9. The van der Waals surface area contributed by atoms with Crippen LogP contribution in [-0.2, 0) is 33.9 Å². The molecule has 0 heterocycles. The van der Waals surface area contributed by atoms with Gasteiger partial charge in [0.1, 0.15) is 11.2 Å². The third-order valence-electron chi connectivity index (χ3n) is 3.24. The zero-order chi connectivity index (χ0) is 24.3. The summed E-state index contributed by atoms with van der Waals surface area (Å²) in [7, 11) is -6.96. The van der Waals surface area contributed by atoms with Crippen LogP contribution in [-0.4, -0.2) is 89.5 Å². The van der Waals surface area contributed by atoms with Gasteiger partial charge in [-0.2, -0.15) is 0 Å². The highest BCUT2D eigenvalue weighted by Gasteiger charge is 2.18. The van der Waals surface area contributed by atoms with E-state index in [4.69, 9.17) is 14.2 Å². The van der Waals surface area contributed by atoms with E-state index in [-0.39, 0.29) is 49.3 Å². The molecule has 184 valence electrons. The first-order valence-corrected chi connectivity index (χ1v) is 13.5. The van der Waals surface area contributed by atoms with Gasteiger partial charge in [0, 0.05) is 13.1 Å². The molecule has 0 radical (unpaired) electrons. The summed E-state index contributed by atoms with van der Waals surface area (Å²) in [6.07, 6.45) is -1.41. The van der Waals surface area contributed by atoms with E-state index in [1.54, 1.807) is 41.5 Å². The molecule has 2 amide bonds. The summed E-state index contributed by atoms with van der Waals surface area (Å²) in [5.74, 6) is -1.18. The zero-order valence-corrected chi connectivity index (χ0v) is 20.8. The maximum Gasteiger partial charge on any atom is 0.407 e. The fourth-order valence-corrected chi connectivity index (χ4v) is 3.90. The minimum absolute atomic E-state index is 0.101. The Bertz CT molecular complexity index is 714. The minimum atomic E-state index is -3.48. The van der Waals surface area contributed by atoms with Crippen molar-refractivity contribution in [2.24, 2.45) is 0 Å². The van der Waals surface area contributed by atoms with Crippen molar-refractivity contribution in [2.75, 3.05) is 49.3 Å². The third kappa shape index (κ3) is 18.9. The molecule has 13 heteroatoms. The van der Waals surface area contributed by atoms with E-state index in [0.717, 1.165) is 0 Å². The summed E-state index contributed by atoms with van der Waals surface area (Å²) in [6.45, 7) is 9.62. The predicted octanol–water partition coefficient (Wildman–Crippen LogP) is 0.882. The second kappa shape index (κ2) is 12.4. The normalized spacial score (nSPS) is 12.8. The molecule has 0 atom stereocenters. The largest absolute Gasteiger partial charge is 0.444 e. The van der Waals surface area contributed by atoms with E-state index in [2.05, 4.69) is 10.6 Å². The van der Waals surface area contributed by atoms with Crippen molar-refractivity contribution < 1.29 is 40.6 Å². The number of rotatable bonds is 12. The molecule has 0 saturated carbocycles. The van der Waals surface area contributed by atoms with Gasteiger partial charge in [-0.3, -0.25) is 0 Å². The summed E-state index contributed by atoms with van der Waals surface area (Å²) < 4.78 is 62.8. The lowest BCUT2D eigenvalue weighted by Gasteiger charge is -2.19. The number of hydrogen-bond acceptors (Lipinski definition) is 9. The van der Waals surface area contributed by atoms with Crippen molar-refractivity contribution in [3.63, 3.8) is 0 Å². The average molecular weight is 489 g/mol. The zero-order valence-electron chi connectivity index (χ0n) is 19.1. The van der Waals surface area contributed by atoms with Crippen LogP contribution < -0.4 is 10.6 Å². The maximum atomic E-state index is 11.9. The highest BCUT2D eigenvalue weighted by molar-refractivity contribution is 7.91. The van der Waals surface area contributed by atoms with Crippen LogP contribution in [0.3, 0.4) is 0 Å². The molecule has 0 aromatic carbocycles. The summed E-state index contributed by atoms with van der Waals surface area (Å²) >= 11 is 0. The molecule has 31 heavy (non-hydrogen) atoms. The molecule has 0 aromatic heterocycles. The van der Waals surface area contributed by atoms with Gasteiger partial charge in [-0.05, 0) is 41.5 Å². The number of sulfone groups is 2. The highest BCUT2D eigenvalue weighted by Crippen LogP contribution is 2.07. The number of carbonyl (C=O) groups is 2. The number of ether oxygens (including phenoxy) is 3. The van der Waals surface area contributed by atoms with E-state index < -0.39 is 43.1 Å². The predicted molar refractivity (Wildman–Crippen MR) is 117 cm³/mol. The lowest BCUT2D eigenvalue weighted by atomic mass is 10.2. The molecule has 0 aliphatic heterocycles. The number of hydrogen-bond donors (Lipinski definition) is 2. The van der Waals surface area contributed by atoms with Crippen LogP contribution in [0.4, 0.5) is 9.59 Å². The van der Waals surface area contributed by atoms with Crippen molar-refractivity contribution in [1.29, 1.82) is 0 Å². The standard InChI is InChI=1S/C18H36N2O9S2/c1-17(2,3)28-15(21)19-7-11-30(23,24)13-9-27-10-14-31(25,26)12-8-20-16(22)29-18(4,5)6/h7-14H2,1-6H3,(H,19,21)(H,20,22). The van der Waals surface area contributed by atoms with E-state index in [0.29, 0.717) is 0 Å². The van der Waals surface area contributed by atoms with Gasteiger partial charge in [-0.25, -0.2) is 26.4 Å². The van der Waals surface area contributed by atoms with Crippen molar-refractivity contribution in [3.05, 3.63) is 0 Å². The summed E-state index contributed by atoms with van der Waals surface area (Å²) in [5, 5.41) is 4.71. The monoisotopic (exact) mass is 488 g/mol. The summed E-state index contributed by atoms with van der Waals surface area (Å²) in [4.78, 5) is 22.9. The Morgan fingerprint density at radius 2 is 0.968 bits per heavy atom. The van der Waals surface area contributed by atoms with E-state index >= 15 is 0 Å². The topological polar surface area (TPSA) is 154 Å². The summed E-state index contributed by atoms with van der Waals surface area (Å²) in [5.41, 5.74) is -1.36. The molecule has 0 aliphatic carbocycles. The molecular weight excluding hydrogens is 452 g/mol. The van der Waals surface area contributed by atoms with Gasteiger partial charge >= 0.3 is 12.2 Å². The van der Waals surface area contributed by atoms with Crippen LogP contribution in [0.5, 0.6) is 0 Å². The van der Waals surface area contributed by atoms with Crippen molar-refractivity contribution in [1.82, 2.24) is 10.6 Å². The fourth-order valence-electron chi connectivity index (χ4n) is 1.92. The molecule has 0 aliphatic rings. The van der Waals surface area contributed by atoms with Gasteiger partial charge in [0.05, 0.1) is 36.2 Å². The van der Waals surface area contributed by atoms with Crippen LogP contribution in [0.2, 0.25) is 0 Å². The summed E-state index contributed by atoms with van der Waals surface area (Å²) in [6, 6.07) is 0. The van der Waals surface area contributed by atoms with Crippen LogP contribution in [0, 0.1) is 0 Å². The molecule has 0 rings (SSSR count). The number of nitrogens with one attached hydrogen (secondary N) is 2. The van der Waals surface area contributed by atoms with Crippen LogP contribution >= 0.6 is 0 Å². The Balaban J connectivity index is 4.02. The molecule has 2 N–H and O–H groups in total. The lowest BCUT2D eigenvalue weighted by molar-refractivity contribution is 0.0519. The molecule has 11 nitrogen and oxygen atoms in total. The van der Waals surface area contributed by atoms with Crippen molar-refractivity contribution in [3.8, 4) is 0 Å². The molecule has 0 fully saturated rings. The van der Waals surface area contributed by atoms with Crippen molar-refractivity contribution in [2.45, 2.75) is 52.7 Å². The van der Waals surface area contributed by atoms with Crippen LogP contribution in [0.15, 0.2) is 0 Å². The smallest absolute Gasteiger partial charge is 0.407 e. The SMILES string of the molecule is CC(C)(C)OC(=O)NCCS(=O)(=O)CCOCCS(=O)(=O)CCNC(=O)OC(C)(C)C. The Morgan fingerprint density at radius 3 is 1.26 bits per heavy atom. The second-order valence-electron chi connectivity index (χ2n) is 8.77. The molecule has 0 saturated heterocycles. The van der Waals surface area contributed by atoms with Gasteiger partial charge in [0.15, 0.2) is 19.7 Å². The molecule has 0 aromatic rings. The van der Waals surface area contributed by atoms with Crippen molar-refractivity contribution >= 4 is 31.9 Å². The van der Waals surface area contributed by atoms with Gasteiger partial charge in [0.2, 0.25) is 0 Å². The van der Waals surface area contributed by atoms with Gasteiger partial charge in [-0.1, -0.05) is 0 Å². The molecule has 0 unspecified atom stereocenters. The maximum absolute atomic E-state index is 11.9. The minimum Gasteiger partial charge on any atom is -0.444 e. The molecular formula is C18H36N2O9S2. The molecule has 0 bridgehead atoms. The lowest BCUT2D eigenvalue weighted by Crippen LogP contribution is -2.35. The third-order valence-corrected chi connectivity index (χ3v) is 6.47. The van der Waals surface area contributed by atoms with E-state index in [1.165, 1.54) is 0 Å². The first-order valence-electron chi connectivity index (χ1n) is 9.83.